The van der Waals surface area contributed by atoms with Gasteiger partial charge in [-0.25, -0.2) is 13.2 Å². The van der Waals surface area contributed by atoms with E-state index in [2.05, 4.69) is 5.32 Å². The van der Waals surface area contributed by atoms with Crippen molar-refractivity contribution in [2.24, 2.45) is 5.41 Å². The molecule has 0 aromatic rings. The van der Waals surface area contributed by atoms with Crippen molar-refractivity contribution in [2.75, 3.05) is 31.1 Å². The normalized spacial score (nSPS) is 24.9. The minimum absolute atomic E-state index is 0.0171. The summed E-state index contributed by atoms with van der Waals surface area (Å²) in [4.78, 5) is 13.1. The molecule has 0 radical (unpaired) electrons. The van der Waals surface area contributed by atoms with Crippen LogP contribution in [0.15, 0.2) is 0 Å². The lowest BCUT2D eigenvalue weighted by molar-refractivity contribution is -0.184. The van der Waals surface area contributed by atoms with Crippen LogP contribution in [0.4, 0.5) is 18.0 Å². The molecule has 20 heavy (non-hydrogen) atoms. The highest BCUT2D eigenvalue weighted by Crippen LogP contribution is 2.57. The Morgan fingerprint density at radius 3 is 2.40 bits per heavy atom. The Morgan fingerprint density at radius 1 is 1.20 bits per heavy atom. The van der Waals surface area contributed by atoms with Gasteiger partial charge in [0.25, 0.3) is 0 Å². The van der Waals surface area contributed by atoms with Crippen LogP contribution < -0.4 is 5.32 Å². The average Bonchev–Trinajstić information content (AvgIpc) is 3.10. The highest BCUT2D eigenvalue weighted by Gasteiger charge is 2.63. The van der Waals surface area contributed by atoms with Crippen molar-refractivity contribution in [3.8, 4) is 0 Å². The quantitative estimate of drug-likeness (QED) is 0.832. The number of amides is 2. The van der Waals surface area contributed by atoms with Crippen molar-refractivity contribution < 1.29 is 26.4 Å². The zero-order valence-corrected chi connectivity index (χ0v) is 11.7. The SMILES string of the molecule is O=C(NCC1(C(F)(F)F)CC1)N1CCCS(=O)(=O)CC1. The predicted molar refractivity (Wildman–Crippen MR) is 66.0 cm³/mol. The molecule has 1 heterocycles. The number of nitrogens with one attached hydrogen (secondary N) is 1. The molecule has 2 aliphatic rings. The molecule has 1 saturated heterocycles. The molecular formula is C11H17F3N2O3S. The van der Waals surface area contributed by atoms with Crippen LogP contribution in [0, 0.1) is 5.41 Å². The Balaban J connectivity index is 1.87. The lowest BCUT2D eigenvalue weighted by Gasteiger charge is -2.24. The highest BCUT2D eigenvalue weighted by molar-refractivity contribution is 7.91. The first-order chi connectivity index (χ1) is 9.15. The summed E-state index contributed by atoms with van der Waals surface area (Å²) >= 11 is 0. The highest BCUT2D eigenvalue weighted by atomic mass is 32.2. The summed E-state index contributed by atoms with van der Waals surface area (Å²) in [6.07, 6.45) is -3.92. The molecule has 0 atom stereocenters. The monoisotopic (exact) mass is 314 g/mol. The van der Waals surface area contributed by atoms with Gasteiger partial charge in [-0.3, -0.25) is 0 Å². The molecule has 0 bridgehead atoms. The van der Waals surface area contributed by atoms with E-state index in [1.807, 2.05) is 0 Å². The summed E-state index contributed by atoms with van der Waals surface area (Å²) in [5, 5.41) is 2.29. The van der Waals surface area contributed by atoms with Crippen molar-refractivity contribution in [2.45, 2.75) is 25.4 Å². The van der Waals surface area contributed by atoms with Gasteiger partial charge in [0.05, 0.1) is 16.9 Å². The summed E-state index contributed by atoms with van der Waals surface area (Å²) in [6, 6.07) is -0.613. The maximum absolute atomic E-state index is 12.7. The van der Waals surface area contributed by atoms with E-state index in [9.17, 15) is 26.4 Å². The summed E-state index contributed by atoms with van der Waals surface area (Å²) in [5.41, 5.74) is -1.78. The van der Waals surface area contributed by atoms with E-state index in [-0.39, 0.29) is 37.4 Å². The minimum atomic E-state index is -4.30. The van der Waals surface area contributed by atoms with E-state index >= 15 is 0 Å². The number of urea groups is 1. The van der Waals surface area contributed by atoms with Crippen molar-refractivity contribution in [1.82, 2.24) is 10.2 Å². The van der Waals surface area contributed by atoms with Gasteiger partial charge in [0, 0.05) is 19.6 Å². The molecule has 0 unspecified atom stereocenters. The van der Waals surface area contributed by atoms with Gasteiger partial charge in [0.2, 0.25) is 0 Å². The molecule has 1 aliphatic carbocycles. The van der Waals surface area contributed by atoms with Gasteiger partial charge in [0.1, 0.15) is 0 Å². The number of carbonyl (C=O) groups excluding carboxylic acids is 1. The van der Waals surface area contributed by atoms with E-state index in [0.717, 1.165) is 0 Å². The summed E-state index contributed by atoms with van der Waals surface area (Å²) in [7, 11) is -3.14. The van der Waals surface area contributed by atoms with E-state index < -0.39 is 34.0 Å². The molecule has 1 saturated carbocycles. The van der Waals surface area contributed by atoms with Crippen molar-refractivity contribution in [3.63, 3.8) is 0 Å². The number of alkyl halides is 3. The predicted octanol–water partition coefficient (Wildman–Crippen LogP) is 1.16. The number of carbonyl (C=O) groups is 1. The molecular weight excluding hydrogens is 297 g/mol. The number of rotatable bonds is 2. The Kier molecular flexibility index (Phi) is 3.92. The molecule has 1 aliphatic heterocycles. The van der Waals surface area contributed by atoms with Crippen LogP contribution in [0.25, 0.3) is 0 Å². The molecule has 2 amide bonds. The number of hydrogen-bond acceptors (Lipinski definition) is 3. The number of nitrogens with zero attached hydrogens (tertiary/aromatic N) is 1. The zero-order chi connectivity index (χ0) is 15.0. The maximum Gasteiger partial charge on any atom is 0.396 e. The smallest absolute Gasteiger partial charge is 0.337 e. The largest absolute Gasteiger partial charge is 0.396 e. The van der Waals surface area contributed by atoms with Gasteiger partial charge < -0.3 is 10.2 Å². The second-order valence-electron chi connectivity index (χ2n) is 5.43. The minimum Gasteiger partial charge on any atom is -0.337 e. The second-order valence-corrected chi connectivity index (χ2v) is 7.73. The van der Waals surface area contributed by atoms with Gasteiger partial charge in [-0.15, -0.1) is 0 Å². The Morgan fingerprint density at radius 2 is 1.85 bits per heavy atom. The van der Waals surface area contributed by atoms with Crippen LogP contribution in [0.3, 0.4) is 0 Å². The first-order valence-electron chi connectivity index (χ1n) is 6.45. The molecule has 2 rings (SSSR count). The van der Waals surface area contributed by atoms with Crippen LogP contribution in [-0.2, 0) is 9.84 Å². The van der Waals surface area contributed by atoms with E-state index in [1.165, 1.54) is 4.90 Å². The molecule has 0 spiro atoms. The molecule has 0 aromatic heterocycles. The third-order valence-corrected chi connectivity index (χ3v) is 5.59. The first kappa shape index (κ1) is 15.4. The Labute approximate surface area is 115 Å². The topological polar surface area (TPSA) is 66.5 Å². The number of hydrogen-bond donors (Lipinski definition) is 1. The van der Waals surface area contributed by atoms with Gasteiger partial charge in [0.15, 0.2) is 9.84 Å². The van der Waals surface area contributed by atoms with Crippen molar-refractivity contribution in [3.05, 3.63) is 0 Å². The lowest BCUT2D eigenvalue weighted by Crippen LogP contribution is -2.45. The van der Waals surface area contributed by atoms with Gasteiger partial charge in [-0.1, -0.05) is 0 Å². The fourth-order valence-electron chi connectivity index (χ4n) is 2.21. The summed E-state index contributed by atoms with van der Waals surface area (Å²) in [5.74, 6) is -0.117. The molecule has 1 N–H and O–H groups in total. The fraction of sp³-hybridized carbons (Fsp3) is 0.909. The lowest BCUT2D eigenvalue weighted by atomic mass is 10.1. The van der Waals surface area contributed by atoms with Gasteiger partial charge in [-0.2, -0.15) is 13.2 Å². The fourth-order valence-corrected chi connectivity index (χ4v) is 3.48. The van der Waals surface area contributed by atoms with E-state index in [1.54, 1.807) is 0 Å². The van der Waals surface area contributed by atoms with Crippen LogP contribution in [0.2, 0.25) is 0 Å². The summed E-state index contributed by atoms with van der Waals surface area (Å²) < 4.78 is 60.9. The third kappa shape index (κ3) is 3.36. The van der Waals surface area contributed by atoms with E-state index in [0.29, 0.717) is 6.42 Å². The molecule has 0 aromatic carbocycles. The van der Waals surface area contributed by atoms with Crippen LogP contribution in [-0.4, -0.2) is 56.7 Å². The standard InChI is InChI=1S/C11H17F3N2O3S/c12-11(13,14)10(2-3-10)8-15-9(17)16-4-1-6-20(18,19)7-5-16/h1-8H2,(H,15,17). The third-order valence-electron chi connectivity index (χ3n) is 3.88. The second kappa shape index (κ2) is 5.09. The Hall–Kier alpha value is -0.990. The van der Waals surface area contributed by atoms with Crippen LogP contribution in [0.5, 0.6) is 0 Å². The van der Waals surface area contributed by atoms with Crippen molar-refractivity contribution in [1.29, 1.82) is 0 Å². The van der Waals surface area contributed by atoms with Gasteiger partial charge >= 0.3 is 12.2 Å². The average molecular weight is 314 g/mol. The number of halogens is 3. The Bertz CT molecular complexity index is 486. The van der Waals surface area contributed by atoms with E-state index in [4.69, 9.17) is 0 Å². The van der Waals surface area contributed by atoms with Crippen molar-refractivity contribution >= 4 is 15.9 Å². The van der Waals surface area contributed by atoms with Gasteiger partial charge in [-0.05, 0) is 19.3 Å². The number of sulfone groups is 1. The first-order valence-corrected chi connectivity index (χ1v) is 8.27. The van der Waals surface area contributed by atoms with Crippen LogP contribution >= 0.6 is 0 Å². The molecule has 5 nitrogen and oxygen atoms in total. The summed E-state index contributed by atoms with van der Waals surface area (Å²) in [6.45, 7) is -0.143. The molecule has 116 valence electrons. The molecule has 2 fully saturated rings. The van der Waals surface area contributed by atoms with Crippen LogP contribution in [0.1, 0.15) is 19.3 Å². The maximum atomic E-state index is 12.7. The molecule has 9 heteroatoms. The zero-order valence-electron chi connectivity index (χ0n) is 10.9.